The summed E-state index contributed by atoms with van der Waals surface area (Å²) in [4.78, 5) is 0. The van der Waals surface area contributed by atoms with Gasteiger partial charge in [0, 0.05) is 28.6 Å². The van der Waals surface area contributed by atoms with Crippen LogP contribution in [0.3, 0.4) is 0 Å². The van der Waals surface area contributed by atoms with E-state index in [1.54, 1.807) is 0 Å². The van der Waals surface area contributed by atoms with Crippen LogP contribution in [0, 0.1) is 139 Å². The van der Waals surface area contributed by atoms with Crippen molar-refractivity contribution in [1.82, 2.24) is 0 Å². The Morgan fingerprint density at radius 3 is 0.229 bits per heavy atom. The van der Waals surface area contributed by atoms with E-state index in [1.807, 2.05) is 0 Å². The van der Waals surface area contributed by atoms with Gasteiger partial charge >= 0.3 is 0 Å². The first kappa shape index (κ1) is 48.7. The number of hydrogen-bond donors (Lipinski definition) is 0. The SMILES string of the molecule is Cc1c(C)c(I)c(C)c(C)c1I.Cc1c(C)c(I)c(C)c(C)c1I.Cc1c(C)c(I)c(C)c(C)c1I.Cc1c(C)c(I)c(C)c(C)c1I. The lowest BCUT2D eigenvalue weighted by Crippen LogP contribution is -1.98. The molecule has 0 atom stereocenters. The Morgan fingerprint density at radius 1 is 0.146 bits per heavy atom. The van der Waals surface area contributed by atoms with Gasteiger partial charge in [0.05, 0.1) is 0 Å². The zero-order valence-electron chi connectivity index (χ0n) is 31.0. The van der Waals surface area contributed by atoms with Gasteiger partial charge in [-0.2, -0.15) is 0 Å². The first-order chi connectivity index (χ1) is 21.9. The van der Waals surface area contributed by atoms with Gasteiger partial charge in [-0.3, -0.25) is 0 Å². The zero-order valence-corrected chi connectivity index (χ0v) is 48.3. The molecule has 0 N–H and O–H groups in total. The fraction of sp³-hybridized carbons (Fsp3) is 0.400. The molecule has 0 saturated heterocycles. The average Bonchev–Trinajstić information content (AvgIpc) is 3.08. The molecule has 0 saturated carbocycles. The van der Waals surface area contributed by atoms with E-state index in [2.05, 4.69) is 292 Å². The van der Waals surface area contributed by atoms with E-state index < -0.39 is 0 Å². The van der Waals surface area contributed by atoms with Crippen LogP contribution in [0.1, 0.15) is 89.0 Å². The van der Waals surface area contributed by atoms with E-state index in [0.29, 0.717) is 0 Å². The lowest BCUT2D eigenvalue weighted by molar-refractivity contribution is 1.19. The Hall–Kier alpha value is 2.72. The van der Waals surface area contributed by atoms with Crippen molar-refractivity contribution in [2.45, 2.75) is 111 Å². The molecule has 0 aliphatic heterocycles. The van der Waals surface area contributed by atoms with Gasteiger partial charge in [0.1, 0.15) is 0 Å². The van der Waals surface area contributed by atoms with Crippen LogP contribution < -0.4 is 0 Å². The Morgan fingerprint density at radius 2 is 0.188 bits per heavy atom. The van der Waals surface area contributed by atoms with Crippen molar-refractivity contribution in [3.05, 3.63) is 118 Å². The van der Waals surface area contributed by atoms with Gasteiger partial charge in [0.15, 0.2) is 0 Å². The van der Waals surface area contributed by atoms with E-state index in [9.17, 15) is 0 Å². The molecule has 0 bridgehead atoms. The van der Waals surface area contributed by atoms with E-state index in [4.69, 9.17) is 0 Å². The molecule has 0 radical (unpaired) electrons. The highest BCUT2D eigenvalue weighted by Gasteiger charge is 2.13. The molecular weight excluding hydrogens is 1500 g/mol. The summed E-state index contributed by atoms with van der Waals surface area (Å²) in [5.74, 6) is 0. The second-order valence-electron chi connectivity index (χ2n) is 12.5. The molecule has 8 heteroatoms. The molecule has 0 unspecified atom stereocenters. The Kier molecular flexibility index (Phi) is 21.5. The summed E-state index contributed by atoms with van der Waals surface area (Å²) < 4.78 is 11.4. The molecule has 0 aliphatic rings. The van der Waals surface area contributed by atoms with Gasteiger partial charge in [-0.1, -0.05) is 0 Å². The molecule has 0 aliphatic carbocycles. The van der Waals surface area contributed by atoms with Crippen molar-refractivity contribution in [2.75, 3.05) is 0 Å². The molecule has 4 rings (SSSR count). The molecule has 264 valence electrons. The summed E-state index contributed by atoms with van der Waals surface area (Å²) >= 11 is 19.5. The highest BCUT2D eigenvalue weighted by molar-refractivity contribution is 14.1. The zero-order chi connectivity index (χ0) is 37.9. The van der Waals surface area contributed by atoms with Crippen LogP contribution in [0.5, 0.6) is 0 Å². The number of hydrogen-bond acceptors (Lipinski definition) is 0. The van der Waals surface area contributed by atoms with Gasteiger partial charge in [-0.15, -0.1) is 0 Å². The summed E-state index contributed by atoms with van der Waals surface area (Å²) in [6, 6.07) is 0. The smallest absolute Gasteiger partial charge is 0.0194 e. The maximum atomic E-state index is 2.43. The second kappa shape index (κ2) is 21.1. The fourth-order valence-corrected chi connectivity index (χ4v) is 11.4. The van der Waals surface area contributed by atoms with Crippen molar-refractivity contribution in [2.24, 2.45) is 0 Å². The molecule has 0 amide bonds. The predicted molar refractivity (Wildman–Crippen MR) is 283 cm³/mol. The summed E-state index contributed by atoms with van der Waals surface area (Å²) in [7, 11) is 0. The number of halogens is 8. The summed E-state index contributed by atoms with van der Waals surface area (Å²) in [6.07, 6.45) is 0. The molecule has 0 nitrogen and oxygen atoms in total. The third-order valence-electron chi connectivity index (χ3n) is 9.77. The van der Waals surface area contributed by atoms with Gasteiger partial charge in [-0.25, -0.2) is 0 Å². The molecule has 4 aromatic carbocycles. The quantitative estimate of drug-likeness (QED) is 0.154. The van der Waals surface area contributed by atoms with Crippen LogP contribution in [0.2, 0.25) is 0 Å². The maximum Gasteiger partial charge on any atom is 0.0194 e. The minimum atomic E-state index is 1.42. The molecule has 0 spiro atoms. The first-order valence-electron chi connectivity index (χ1n) is 15.5. The normalized spacial score (nSPS) is 10.5. The topological polar surface area (TPSA) is 0 Å². The number of rotatable bonds is 0. The van der Waals surface area contributed by atoms with Crippen molar-refractivity contribution < 1.29 is 0 Å². The van der Waals surface area contributed by atoms with Crippen LogP contribution in [-0.4, -0.2) is 0 Å². The number of benzene rings is 4. The van der Waals surface area contributed by atoms with Crippen molar-refractivity contribution in [1.29, 1.82) is 0 Å². The summed E-state index contributed by atoms with van der Waals surface area (Å²) in [5, 5.41) is 0. The maximum absolute atomic E-state index is 2.43. The molecule has 48 heavy (non-hydrogen) atoms. The summed E-state index contributed by atoms with van der Waals surface area (Å²) in [6.45, 7) is 35.2. The van der Waals surface area contributed by atoms with Gasteiger partial charge in [0.2, 0.25) is 0 Å². The average molecular weight is 1540 g/mol. The molecule has 4 aromatic rings. The Balaban J connectivity index is 0.000000320. The van der Waals surface area contributed by atoms with Gasteiger partial charge < -0.3 is 0 Å². The molecule has 0 heterocycles. The second-order valence-corrected chi connectivity index (χ2v) is 21.1. The lowest BCUT2D eigenvalue weighted by atomic mass is 10.0. The monoisotopic (exact) mass is 1540 g/mol. The van der Waals surface area contributed by atoms with Gasteiger partial charge in [-0.05, 0) is 381 Å². The van der Waals surface area contributed by atoms with Crippen molar-refractivity contribution >= 4 is 181 Å². The van der Waals surface area contributed by atoms with E-state index in [1.165, 1.54) is 118 Å². The molecule has 0 aromatic heterocycles. The predicted octanol–water partition coefficient (Wildman–Crippen LogP) is 16.5. The fourth-order valence-electron chi connectivity index (χ4n) is 4.88. The van der Waals surface area contributed by atoms with E-state index in [-0.39, 0.29) is 0 Å². The van der Waals surface area contributed by atoms with Crippen LogP contribution in [-0.2, 0) is 0 Å². The van der Waals surface area contributed by atoms with E-state index in [0.717, 1.165) is 0 Å². The Bertz CT molecular complexity index is 1160. The lowest BCUT2D eigenvalue weighted by Gasteiger charge is -2.13. The highest BCUT2D eigenvalue weighted by atomic mass is 127. The van der Waals surface area contributed by atoms with Crippen LogP contribution in [0.4, 0.5) is 0 Å². The third kappa shape index (κ3) is 11.4. The minimum absolute atomic E-state index is 1.42. The van der Waals surface area contributed by atoms with Crippen LogP contribution in [0.15, 0.2) is 0 Å². The first-order valence-corrected chi connectivity index (χ1v) is 24.1. The third-order valence-corrected chi connectivity index (χ3v) is 22.7. The summed E-state index contributed by atoms with van der Waals surface area (Å²) in [5.41, 5.74) is 22.9. The largest absolute Gasteiger partial charge is 0.0437 e. The van der Waals surface area contributed by atoms with Crippen molar-refractivity contribution in [3.63, 3.8) is 0 Å². The van der Waals surface area contributed by atoms with Crippen LogP contribution >= 0.6 is 181 Å². The molecule has 0 fully saturated rings. The molecular formula is C40H48I8. The highest BCUT2D eigenvalue weighted by Crippen LogP contribution is 2.31. The Labute approximate surface area is 402 Å². The standard InChI is InChI=1S/4C10H12I2/c4*1-5-6(2)10(12)8(4)7(3)9(5)11/h4*1-4H3. The minimum Gasteiger partial charge on any atom is -0.0437 e. The van der Waals surface area contributed by atoms with E-state index >= 15 is 0 Å². The van der Waals surface area contributed by atoms with Gasteiger partial charge in [0.25, 0.3) is 0 Å². The van der Waals surface area contributed by atoms with Crippen molar-refractivity contribution in [3.8, 4) is 0 Å². The van der Waals surface area contributed by atoms with Crippen LogP contribution in [0.25, 0.3) is 0 Å².